The fourth-order valence-electron chi connectivity index (χ4n) is 2.46. The van der Waals surface area contributed by atoms with Gasteiger partial charge in [-0.25, -0.2) is 4.79 Å². The Morgan fingerprint density at radius 2 is 1.75 bits per heavy atom. The summed E-state index contributed by atoms with van der Waals surface area (Å²) < 4.78 is 11.7. The third-order valence-corrected chi connectivity index (χ3v) is 9.52. The lowest BCUT2D eigenvalue weighted by molar-refractivity contribution is 0.0528. The van der Waals surface area contributed by atoms with Crippen LogP contribution in [0.15, 0.2) is 30.3 Å². The predicted molar refractivity (Wildman–Crippen MR) is 121 cm³/mol. The molecule has 1 atom stereocenters. The summed E-state index contributed by atoms with van der Waals surface area (Å²) in [5.74, 6) is 0. The molecule has 0 spiro atoms. The van der Waals surface area contributed by atoms with E-state index in [0.29, 0.717) is 6.54 Å². The number of benzene rings is 1. The largest absolute Gasteiger partial charge is 0.444 e. The topological polar surface area (TPSA) is 47.6 Å². The van der Waals surface area contributed by atoms with E-state index >= 15 is 0 Å². The van der Waals surface area contributed by atoms with Crippen LogP contribution in [-0.4, -0.2) is 32.7 Å². The summed E-state index contributed by atoms with van der Waals surface area (Å²) in [6, 6.07) is 8.24. The second-order valence-electron chi connectivity index (χ2n) is 9.82. The van der Waals surface area contributed by atoms with Crippen LogP contribution in [0.2, 0.25) is 18.1 Å². The number of carbonyl (C=O) groups excluding carboxylic acids is 1. The van der Waals surface area contributed by atoms with Crippen molar-refractivity contribution in [2.24, 2.45) is 0 Å². The van der Waals surface area contributed by atoms with Crippen molar-refractivity contribution in [2.45, 2.75) is 84.7 Å². The van der Waals surface area contributed by atoms with Gasteiger partial charge in [0.05, 0.1) is 6.10 Å². The minimum absolute atomic E-state index is 0.0637. The second kappa shape index (κ2) is 9.75. The molecule has 1 aromatic carbocycles. The normalized spacial score (nSPS) is 14.2. The van der Waals surface area contributed by atoms with Crippen LogP contribution in [0, 0.1) is 0 Å². The smallest absolute Gasteiger partial charge is 0.407 e. The predicted octanol–water partition coefficient (Wildman–Crippen LogP) is 6.18. The molecule has 1 aromatic rings. The Kier molecular flexibility index (Phi) is 8.51. The summed E-state index contributed by atoms with van der Waals surface area (Å²) in [5, 5.41) is 3.02. The zero-order chi connectivity index (χ0) is 21.6. The Balaban J connectivity index is 2.68. The first-order valence-electron chi connectivity index (χ1n) is 10.1. The Bertz CT molecular complexity index is 669. The highest BCUT2D eigenvalue weighted by atomic mass is 28.4. The second-order valence-corrected chi connectivity index (χ2v) is 14.6. The van der Waals surface area contributed by atoms with Crippen molar-refractivity contribution in [3.8, 4) is 0 Å². The van der Waals surface area contributed by atoms with E-state index in [9.17, 15) is 4.79 Å². The van der Waals surface area contributed by atoms with E-state index in [1.54, 1.807) is 0 Å². The van der Waals surface area contributed by atoms with Crippen LogP contribution in [0.1, 0.15) is 59.6 Å². The van der Waals surface area contributed by atoms with Gasteiger partial charge in [0.25, 0.3) is 0 Å². The zero-order valence-corrected chi connectivity index (χ0v) is 20.2. The molecule has 0 aliphatic carbocycles. The van der Waals surface area contributed by atoms with Gasteiger partial charge in [0.15, 0.2) is 8.32 Å². The van der Waals surface area contributed by atoms with Crippen molar-refractivity contribution >= 4 is 20.5 Å². The van der Waals surface area contributed by atoms with Crippen molar-refractivity contribution in [3.05, 3.63) is 41.5 Å². The van der Waals surface area contributed by atoms with Gasteiger partial charge in [0, 0.05) is 6.54 Å². The van der Waals surface area contributed by atoms with Gasteiger partial charge in [-0.05, 0) is 63.4 Å². The summed E-state index contributed by atoms with van der Waals surface area (Å²) in [4.78, 5) is 11.8. The minimum atomic E-state index is -1.79. The fourth-order valence-corrected chi connectivity index (χ4v) is 3.82. The molecule has 5 heteroatoms. The summed E-state index contributed by atoms with van der Waals surface area (Å²) >= 11 is 0. The average molecular weight is 406 g/mol. The first kappa shape index (κ1) is 24.4. The molecule has 1 N–H and O–H groups in total. The number of hydrogen-bond donors (Lipinski definition) is 1. The van der Waals surface area contributed by atoms with Crippen LogP contribution in [-0.2, 0) is 15.6 Å². The zero-order valence-electron chi connectivity index (χ0n) is 19.2. The van der Waals surface area contributed by atoms with Crippen LogP contribution in [0.25, 0.3) is 6.08 Å². The van der Waals surface area contributed by atoms with Gasteiger partial charge in [-0.3, -0.25) is 0 Å². The number of rotatable bonds is 7. The lowest BCUT2D eigenvalue weighted by Crippen LogP contribution is -2.42. The summed E-state index contributed by atoms with van der Waals surface area (Å²) in [5.41, 5.74) is 1.86. The Hall–Kier alpha value is -1.59. The molecule has 0 saturated heterocycles. The Labute approximate surface area is 172 Å². The maximum atomic E-state index is 11.8. The molecule has 0 bridgehead atoms. The van der Waals surface area contributed by atoms with Crippen LogP contribution >= 0.6 is 0 Å². The van der Waals surface area contributed by atoms with E-state index in [1.807, 2.05) is 32.9 Å². The van der Waals surface area contributed by atoms with Gasteiger partial charge in [0.1, 0.15) is 5.60 Å². The molecular weight excluding hydrogens is 366 g/mol. The molecule has 0 unspecified atom stereocenters. The van der Waals surface area contributed by atoms with Gasteiger partial charge >= 0.3 is 6.09 Å². The molecule has 4 nitrogen and oxygen atoms in total. The summed E-state index contributed by atoms with van der Waals surface area (Å²) in [6.45, 7) is 19.5. The highest BCUT2D eigenvalue weighted by Gasteiger charge is 2.37. The lowest BCUT2D eigenvalue weighted by atomic mass is 10.0. The number of carbonyl (C=O) groups is 1. The lowest BCUT2D eigenvalue weighted by Gasteiger charge is -2.37. The van der Waals surface area contributed by atoms with Gasteiger partial charge in [-0.1, -0.05) is 57.2 Å². The molecule has 28 heavy (non-hydrogen) atoms. The van der Waals surface area contributed by atoms with Crippen LogP contribution in [0.4, 0.5) is 4.79 Å². The van der Waals surface area contributed by atoms with Crippen LogP contribution < -0.4 is 5.32 Å². The van der Waals surface area contributed by atoms with Crippen molar-refractivity contribution in [2.75, 3.05) is 6.54 Å². The van der Waals surface area contributed by atoms with E-state index in [4.69, 9.17) is 9.16 Å². The number of alkyl carbamates (subject to hydrolysis) is 1. The standard InChI is InChI=1S/C23H39NO3Si/c1-18(27-28(8,9)23(5,6)7)14-15-19-12-10-11-13-20(19)16-17-24-21(25)26-22(2,3)4/h10-15,18H,16-17H2,1-9H3,(H,24,25)/b15-14+/t18-/m0/s1. The number of hydrogen-bond acceptors (Lipinski definition) is 3. The summed E-state index contributed by atoms with van der Waals surface area (Å²) in [7, 11) is -1.79. The SMILES string of the molecule is C[C@@H](/C=C/c1ccccc1CCNC(=O)OC(C)(C)C)O[Si](C)(C)C(C)(C)C. The van der Waals surface area contributed by atoms with Gasteiger partial charge in [0.2, 0.25) is 0 Å². The first-order chi connectivity index (χ1) is 12.7. The third-order valence-electron chi connectivity index (χ3n) is 4.95. The van der Waals surface area contributed by atoms with Crippen molar-refractivity contribution in [1.29, 1.82) is 0 Å². The number of nitrogens with one attached hydrogen (secondary N) is 1. The quantitative estimate of drug-likeness (QED) is 0.551. The molecule has 1 amide bonds. The number of ether oxygens (including phenoxy) is 1. The van der Waals surface area contributed by atoms with Gasteiger partial charge < -0.3 is 14.5 Å². The fraction of sp³-hybridized carbons (Fsp3) is 0.609. The van der Waals surface area contributed by atoms with E-state index in [0.717, 1.165) is 12.0 Å². The molecule has 0 aromatic heterocycles. The Morgan fingerprint density at radius 1 is 1.14 bits per heavy atom. The monoisotopic (exact) mass is 405 g/mol. The summed E-state index contributed by atoms with van der Waals surface area (Å²) in [6.07, 6.45) is 4.68. The van der Waals surface area contributed by atoms with Gasteiger partial charge in [-0.15, -0.1) is 0 Å². The molecule has 0 saturated carbocycles. The van der Waals surface area contributed by atoms with Crippen molar-refractivity contribution < 1.29 is 14.0 Å². The van der Waals surface area contributed by atoms with Crippen LogP contribution in [0.5, 0.6) is 0 Å². The van der Waals surface area contributed by atoms with Crippen molar-refractivity contribution in [3.63, 3.8) is 0 Å². The van der Waals surface area contributed by atoms with E-state index in [1.165, 1.54) is 5.56 Å². The van der Waals surface area contributed by atoms with E-state index in [2.05, 4.69) is 70.4 Å². The molecule has 0 fully saturated rings. The molecule has 0 aliphatic rings. The first-order valence-corrected chi connectivity index (χ1v) is 13.0. The molecule has 158 valence electrons. The van der Waals surface area contributed by atoms with E-state index in [-0.39, 0.29) is 17.2 Å². The van der Waals surface area contributed by atoms with Gasteiger partial charge in [-0.2, -0.15) is 0 Å². The highest BCUT2D eigenvalue weighted by Crippen LogP contribution is 2.37. The third kappa shape index (κ3) is 8.61. The maximum Gasteiger partial charge on any atom is 0.407 e. The molecule has 0 heterocycles. The molecular formula is C23H39NO3Si. The molecule has 0 radical (unpaired) electrons. The molecule has 1 rings (SSSR count). The number of amides is 1. The maximum absolute atomic E-state index is 11.8. The van der Waals surface area contributed by atoms with E-state index < -0.39 is 13.9 Å². The highest BCUT2D eigenvalue weighted by molar-refractivity contribution is 6.74. The Morgan fingerprint density at radius 3 is 2.32 bits per heavy atom. The molecule has 0 aliphatic heterocycles. The minimum Gasteiger partial charge on any atom is -0.444 e. The van der Waals surface area contributed by atoms with Crippen LogP contribution in [0.3, 0.4) is 0 Å². The average Bonchev–Trinajstić information content (AvgIpc) is 2.50. The van der Waals surface area contributed by atoms with Crippen molar-refractivity contribution in [1.82, 2.24) is 5.32 Å².